The third-order valence-corrected chi connectivity index (χ3v) is 13.5. The first-order valence-electron chi connectivity index (χ1n) is 20.8. The predicted molar refractivity (Wildman–Crippen MR) is 225 cm³/mol. The average molecular weight is 852 g/mol. The highest BCUT2D eigenvalue weighted by atomic mass is 35.5. The van der Waals surface area contributed by atoms with Crippen LogP contribution in [0, 0.1) is 28.1 Å². The molecule has 2 N–H and O–H groups in total. The van der Waals surface area contributed by atoms with E-state index in [1.807, 2.05) is 0 Å². The number of fused-ring (bicyclic) bond motifs is 1. The number of benzene rings is 2. The minimum atomic E-state index is -1.04. The molecule has 3 saturated heterocycles. The van der Waals surface area contributed by atoms with Gasteiger partial charge in [-0.05, 0) is 43.4 Å². The van der Waals surface area contributed by atoms with Gasteiger partial charge in [-0.15, -0.1) is 0 Å². The molecule has 4 fully saturated rings. The van der Waals surface area contributed by atoms with Gasteiger partial charge < -0.3 is 24.6 Å². The molecule has 5 aliphatic rings. The van der Waals surface area contributed by atoms with E-state index in [1.54, 1.807) is 42.7 Å². The molecule has 1 atom stereocenters. The van der Waals surface area contributed by atoms with E-state index >= 15 is 0 Å². The Hall–Kier alpha value is -5.79. The van der Waals surface area contributed by atoms with Crippen molar-refractivity contribution < 1.29 is 33.4 Å². The number of rotatable bonds is 10. The van der Waals surface area contributed by atoms with Crippen LogP contribution in [0.1, 0.15) is 90.0 Å². The van der Waals surface area contributed by atoms with Crippen LogP contribution in [0.4, 0.5) is 11.6 Å². The first-order chi connectivity index (χ1) is 29.1. The summed E-state index contributed by atoms with van der Waals surface area (Å²) in [7, 11) is 1.46. The molecule has 0 radical (unpaired) electrons. The molecule has 61 heavy (non-hydrogen) atoms. The summed E-state index contributed by atoms with van der Waals surface area (Å²) >= 11 is 6.24. The molecule has 320 valence electrons. The summed E-state index contributed by atoms with van der Waals surface area (Å²) in [5.74, 6) is -0.490. The first kappa shape index (κ1) is 41.9. The number of piperazine rings is 1. The summed E-state index contributed by atoms with van der Waals surface area (Å²) in [4.78, 5) is 81.6. The molecule has 17 heteroatoms. The Morgan fingerprint density at radius 2 is 1.62 bits per heavy atom. The Balaban J connectivity index is 0.806. The Kier molecular flexibility index (Phi) is 11.2. The second-order valence-electron chi connectivity index (χ2n) is 17.8. The topological polar surface area (TPSA) is 190 Å². The molecular weight excluding hydrogens is 802 g/mol. The van der Waals surface area contributed by atoms with Crippen LogP contribution in [0.15, 0.2) is 42.7 Å². The van der Waals surface area contributed by atoms with Gasteiger partial charge in [0.05, 0.1) is 34.4 Å². The van der Waals surface area contributed by atoms with Gasteiger partial charge in [-0.2, -0.15) is 5.26 Å². The number of imide groups is 2. The number of carbonyl (C=O) groups excluding carboxylic acids is 5. The van der Waals surface area contributed by atoms with Crippen LogP contribution in [0.3, 0.4) is 0 Å². The van der Waals surface area contributed by atoms with Crippen molar-refractivity contribution in [1.29, 1.82) is 5.26 Å². The van der Waals surface area contributed by atoms with E-state index in [9.17, 15) is 29.2 Å². The van der Waals surface area contributed by atoms with Crippen molar-refractivity contribution in [2.75, 3.05) is 62.7 Å². The van der Waals surface area contributed by atoms with E-state index in [4.69, 9.17) is 21.1 Å². The number of halogens is 1. The molecule has 0 bridgehead atoms. The zero-order valence-electron chi connectivity index (χ0n) is 35.0. The zero-order chi connectivity index (χ0) is 43.4. The van der Waals surface area contributed by atoms with E-state index in [2.05, 4.69) is 69.1 Å². The largest absolute Gasteiger partial charge is 0.496 e. The standard InChI is InChI=1S/C44H50ClN9O7/c1-43(2)40(44(3,4)41(43)61-29-7-6-26(21-46)31(45)20-29)50-36(56)27-22-47-42(48-23-27)53-12-10-25(11-13-53)24-51-14-16-52(17-15-51)28-18-30-35(33(19-28)60-5)39(59)54(38(30)58)32-8-9-34(55)49-37(32)57/h6-7,18-20,22-23,25,32,40-41H,8-17,24H2,1-5H3,(H,50,56)(H,49,55,57)/t32-,40?,41?/m1/s1. The summed E-state index contributed by atoms with van der Waals surface area (Å²) in [5.41, 5.74) is 1.10. The Morgan fingerprint density at radius 1 is 0.934 bits per heavy atom. The molecule has 8 rings (SSSR count). The number of amides is 5. The highest BCUT2D eigenvalue weighted by Gasteiger charge is 2.64. The van der Waals surface area contributed by atoms with Gasteiger partial charge in [-0.25, -0.2) is 9.97 Å². The zero-order valence-corrected chi connectivity index (χ0v) is 35.8. The Bertz CT molecular complexity index is 2300. The second kappa shape index (κ2) is 16.2. The van der Waals surface area contributed by atoms with Gasteiger partial charge in [-0.1, -0.05) is 39.3 Å². The van der Waals surface area contributed by atoms with E-state index in [0.29, 0.717) is 33.8 Å². The monoisotopic (exact) mass is 851 g/mol. The lowest BCUT2D eigenvalue weighted by atomic mass is 9.49. The van der Waals surface area contributed by atoms with E-state index in [1.165, 1.54) is 7.11 Å². The smallest absolute Gasteiger partial charge is 0.266 e. The number of hydrogen-bond acceptors (Lipinski definition) is 13. The third-order valence-electron chi connectivity index (χ3n) is 13.2. The normalized spacial score (nSPS) is 23.8. The fraction of sp³-hybridized carbons (Fsp3) is 0.500. The van der Waals surface area contributed by atoms with Crippen molar-refractivity contribution in [2.45, 2.75) is 71.6 Å². The van der Waals surface area contributed by atoms with Crippen LogP contribution in [-0.4, -0.2) is 120 Å². The van der Waals surface area contributed by atoms with Gasteiger partial charge in [0.25, 0.3) is 17.7 Å². The molecule has 0 unspecified atom stereocenters. The highest BCUT2D eigenvalue weighted by Crippen LogP contribution is 2.55. The van der Waals surface area contributed by atoms with Gasteiger partial charge in [-0.3, -0.25) is 39.1 Å². The molecule has 3 aromatic rings. The Labute approximate surface area is 359 Å². The second-order valence-corrected chi connectivity index (χ2v) is 18.2. The number of aromatic nitrogens is 2. The van der Waals surface area contributed by atoms with Crippen LogP contribution in [0.5, 0.6) is 11.5 Å². The van der Waals surface area contributed by atoms with Crippen LogP contribution in [-0.2, 0) is 9.59 Å². The molecule has 0 spiro atoms. The molecule has 1 aliphatic carbocycles. The summed E-state index contributed by atoms with van der Waals surface area (Å²) in [6, 6.07) is 9.36. The molecule has 4 aliphatic heterocycles. The molecular formula is C44H50ClN9O7. The molecule has 5 amide bonds. The van der Waals surface area contributed by atoms with Crippen molar-refractivity contribution >= 4 is 52.8 Å². The van der Waals surface area contributed by atoms with Gasteiger partial charge in [0.1, 0.15) is 29.7 Å². The number of piperidine rings is 2. The fourth-order valence-corrected chi connectivity index (χ4v) is 10.4. The van der Waals surface area contributed by atoms with Gasteiger partial charge in [0.15, 0.2) is 0 Å². The number of anilines is 2. The first-order valence-corrected chi connectivity index (χ1v) is 21.1. The third kappa shape index (κ3) is 7.74. The molecule has 1 aromatic heterocycles. The number of carbonyl (C=O) groups is 5. The Morgan fingerprint density at radius 3 is 2.25 bits per heavy atom. The SMILES string of the molecule is COc1cc(N2CCN(CC3CCN(c4ncc(C(=O)NC5C(C)(C)C(Oc6ccc(C#N)c(Cl)c6)C5(C)C)cn4)CC3)CC2)cc2c1C(=O)N([C@@H]1CCC(=O)NC1=O)C2=O. The lowest BCUT2D eigenvalue weighted by Crippen LogP contribution is -2.74. The molecule has 2 aromatic carbocycles. The minimum Gasteiger partial charge on any atom is -0.496 e. The maximum atomic E-state index is 13.5. The summed E-state index contributed by atoms with van der Waals surface area (Å²) in [6.07, 6.45) is 5.07. The van der Waals surface area contributed by atoms with Crippen molar-refractivity contribution in [3.63, 3.8) is 0 Å². The number of methoxy groups -OCH3 is 1. The highest BCUT2D eigenvalue weighted by molar-refractivity contribution is 6.31. The van der Waals surface area contributed by atoms with E-state index in [0.717, 1.165) is 69.2 Å². The average Bonchev–Trinajstić information content (AvgIpc) is 3.50. The quantitative estimate of drug-likeness (QED) is 0.278. The maximum absolute atomic E-state index is 13.5. The van der Waals surface area contributed by atoms with Crippen LogP contribution in [0.25, 0.3) is 0 Å². The number of hydrogen-bond donors (Lipinski definition) is 2. The van der Waals surface area contributed by atoms with Gasteiger partial charge in [0, 0.05) is 99.3 Å². The van der Waals surface area contributed by atoms with Crippen LogP contribution >= 0.6 is 11.6 Å². The molecule has 16 nitrogen and oxygen atoms in total. The summed E-state index contributed by atoms with van der Waals surface area (Å²) < 4.78 is 12.0. The fourth-order valence-electron chi connectivity index (χ4n) is 10.2. The number of nitrogens with zero attached hydrogens (tertiary/aromatic N) is 7. The summed E-state index contributed by atoms with van der Waals surface area (Å²) in [6.45, 7) is 13.9. The lowest BCUT2D eigenvalue weighted by Gasteiger charge is -2.63. The number of nitriles is 1. The predicted octanol–water partition coefficient (Wildman–Crippen LogP) is 4.06. The van der Waals surface area contributed by atoms with Gasteiger partial charge >= 0.3 is 0 Å². The minimum absolute atomic E-state index is 0.0540. The van der Waals surface area contributed by atoms with Gasteiger partial charge in [0.2, 0.25) is 17.8 Å². The number of ether oxygens (including phenoxy) is 2. The van der Waals surface area contributed by atoms with Crippen LogP contribution in [0.2, 0.25) is 5.02 Å². The lowest BCUT2D eigenvalue weighted by molar-refractivity contribution is -0.164. The molecule has 5 heterocycles. The van der Waals surface area contributed by atoms with Crippen molar-refractivity contribution in [2.24, 2.45) is 16.7 Å². The van der Waals surface area contributed by atoms with Crippen LogP contribution < -0.4 is 29.9 Å². The maximum Gasteiger partial charge on any atom is 0.266 e. The van der Waals surface area contributed by atoms with Crippen molar-refractivity contribution in [3.8, 4) is 17.6 Å². The molecule has 1 saturated carbocycles. The summed E-state index contributed by atoms with van der Waals surface area (Å²) in [5, 5.41) is 15.0. The van der Waals surface area contributed by atoms with E-state index in [-0.39, 0.29) is 47.8 Å². The van der Waals surface area contributed by atoms with E-state index < -0.39 is 40.5 Å². The van der Waals surface area contributed by atoms with Crippen molar-refractivity contribution in [3.05, 3.63) is 70.0 Å². The number of nitrogens with one attached hydrogen (secondary N) is 2. The van der Waals surface area contributed by atoms with Crippen molar-refractivity contribution in [1.82, 2.24) is 30.4 Å².